The molecule has 0 bridgehead atoms. The van der Waals surface area contributed by atoms with Crippen LogP contribution in [0.4, 0.5) is 5.69 Å². The van der Waals surface area contributed by atoms with E-state index in [1.54, 1.807) is 18.2 Å². The quantitative estimate of drug-likeness (QED) is 0.261. The number of halogens is 1. The van der Waals surface area contributed by atoms with E-state index in [4.69, 9.17) is 17.3 Å². The summed E-state index contributed by atoms with van der Waals surface area (Å²) in [6, 6.07) is 21.8. The second kappa shape index (κ2) is 14.8. The van der Waals surface area contributed by atoms with Gasteiger partial charge in [0, 0.05) is 30.2 Å². The van der Waals surface area contributed by atoms with Gasteiger partial charge in [0.05, 0.1) is 6.04 Å². The molecular formula is C32H38ClN5O3. The lowest BCUT2D eigenvalue weighted by Gasteiger charge is -2.36. The third-order valence-electron chi connectivity index (χ3n) is 7.34. The predicted octanol–water partition coefficient (Wildman–Crippen LogP) is 3.94. The molecule has 0 saturated heterocycles. The molecule has 41 heavy (non-hydrogen) atoms. The monoisotopic (exact) mass is 575 g/mol. The third kappa shape index (κ3) is 8.63. The number of fused-ring (bicyclic) bond motifs is 1. The number of amides is 3. The number of carbonyl (C=O) groups is 3. The van der Waals surface area contributed by atoms with Gasteiger partial charge in [-0.1, -0.05) is 66.2 Å². The number of nitrogens with two attached hydrogens (primary N) is 1. The number of carbonyl (C=O) groups excluding carboxylic acids is 3. The zero-order chi connectivity index (χ0) is 29.2. The van der Waals surface area contributed by atoms with E-state index in [1.165, 1.54) is 5.56 Å². The number of hydrogen-bond donors (Lipinski definition) is 4. The lowest BCUT2D eigenvalue weighted by molar-refractivity contribution is -0.131. The summed E-state index contributed by atoms with van der Waals surface area (Å²) in [6.45, 7) is 3.76. The molecular weight excluding hydrogens is 538 g/mol. The Hall–Kier alpha value is -3.72. The molecule has 0 spiro atoms. The van der Waals surface area contributed by atoms with E-state index >= 15 is 0 Å². The average Bonchev–Trinajstić information content (AvgIpc) is 2.97. The number of nitrogens with one attached hydrogen (secondary N) is 3. The first kappa shape index (κ1) is 30.2. The van der Waals surface area contributed by atoms with Crippen molar-refractivity contribution in [3.63, 3.8) is 0 Å². The summed E-state index contributed by atoms with van der Waals surface area (Å²) in [5, 5.41) is 9.41. The molecule has 9 heteroatoms. The Morgan fingerprint density at radius 2 is 1.76 bits per heavy atom. The summed E-state index contributed by atoms with van der Waals surface area (Å²) in [5.41, 5.74) is 10.6. The van der Waals surface area contributed by atoms with E-state index in [-0.39, 0.29) is 24.3 Å². The first-order valence-electron chi connectivity index (χ1n) is 14.0. The van der Waals surface area contributed by atoms with Gasteiger partial charge in [-0.15, -0.1) is 0 Å². The minimum atomic E-state index is -0.786. The first-order valence-corrected chi connectivity index (χ1v) is 14.4. The van der Waals surface area contributed by atoms with Gasteiger partial charge in [-0.3, -0.25) is 19.3 Å². The molecule has 0 radical (unpaired) electrons. The Labute approximate surface area is 246 Å². The van der Waals surface area contributed by atoms with Crippen molar-refractivity contribution in [2.24, 2.45) is 5.73 Å². The Balaban J connectivity index is 1.38. The van der Waals surface area contributed by atoms with Crippen LogP contribution < -0.4 is 21.7 Å². The lowest BCUT2D eigenvalue weighted by Crippen LogP contribution is -2.55. The van der Waals surface area contributed by atoms with Crippen LogP contribution in [0.15, 0.2) is 72.8 Å². The largest absolute Gasteiger partial charge is 0.352 e. The lowest BCUT2D eigenvalue weighted by atomic mass is 9.93. The highest BCUT2D eigenvalue weighted by Crippen LogP contribution is 2.24. The van der Waals surface area contributed by atoms with E-state index < -0.39 is 12.1 Å². The molecule has 1 aliphatic heterocycles. The van der Waals surface area contributed by atoms with E-state index in [1.807, 2.05) is 55.5 Å². The molecule has 0 aromatic heterocycles. The molecule has 3 aromatic carbocycles. The number of rotatable bonds is 12. The van der Waals surface area contributed by atoms with Crippen LogP contribution in [0.1, 0.15) is 41.5 Å². The fourth-order valence-electron chi connectivity index (χ4n) is 5.05. The Morgan fingerprint density at radius 3 is 2.49 bits per heavy atom. The summed E-state index contributed by atoms with van der Waals surface area (Å²) in [4.78, 5) is 41.4. The maximum atomic E-state index is 13.6. The van der Waals surface area contributed by atoms with Crippen LogP contribution >= 0.6 is 11.6 Å². The van der Waals surface area contributed by atoms with Crippen LogP contribution in [0.5, 0.6) is 0 Å². The van der Waals surface area contributed by atoms with Gasteiger partial charge in [0.25, 0.3) is 0 Å². The van der Waals surface area contributed by atoms with Crippen molar-refractivity contribution >= 4 is 35.0 Å². The summed E-state index contributed by atoms with van der Waals surface area (Å²) >= 11 is 6.12. The number of hydrogen-bond acceptors (Lipinski definition) is 5. The minimum absolute atomic E-state index is 0.0237. The van der Waals surface area contributed by atoms with Crippen molar-refractivity contribution in [2.75, 3.05) is 18.4 Å². The minimum Gasteiger partial charge on any atom is -0.352 e. The number of nitrogens with zero attached hydrogens (tertiary/aromatic N) is 1. The van der Waals surface area contributed by atoms with Gasteiger partial charge in [0.2, 0.25) is 17.7 Å². The van der Waals surface area contributed by atoms with Gasteiger partial charge >= 0.3 is 0 Å². The third-order valence-corrected chi connectivity index (χ3v) is 7.77. The van der Waals surface area contributed by atoms with Crippen LogP contribution in [0, 0.1) is 6.92 Å². The van der Waals surface area contributed by atoms with E-state index in [2.05, 4.69) is 26.9 Å². The average molecular weight is 576 g/mol. The first-order chi connectivity index (χ1) is 19.8. The normalized spacial score (nSPS) is 15.4. The zero-order valence-corrected chi connectivity index (χ0v) is 24.1. The van der Waals surface area contributed by atoms with Crippen LogP contribution in [0.2, 0.25) is 5.02 Å². The molecule has 2 atom stereocenters. The number of anilines is 1. The standard InChI is InChI=1S/C32H38ClN5O3/c1-22-18-26(13-14-27(22)33)36-31(40)28(15-16-34)37-32(41)29-19-24-10-5-6-11-25(24)21-38(29)17-7-12-30(39)35-20-23-8-3-2-4-9-23/h2-6,8-11,13-14,18,28-29H,7,12,15-17,19-21,34H2,1H3,(H,35,39)(H,36,40)(H,37,41)/t28-,29-/m0/s1. The maximum Gasteiger partial charge on any atom is 0.246 e. The molecule has 0 unspecified atom stereocenters. The van der Waals surface area contributed by atoms with E-state index in [0.29, 0.717) is 56.0 Å². The van der Waals surface area contributed by atoms with Crippen LogP contribution in [0.25, 0.3) is 0 Å². The molecule has 0 aliphatic carbocycles. The highest BCUT2D eigenvalue weighted by Gasteiger charge is 2.33. The van der Waals surface area contributed by atoms with Crippen molar-refractivity contribution in [2.45, 2.75) is 57.8 Å². The fraction of sp³-hybridized carbons (Fsp3) is 0.344. The molecule has 1 aliphatic rings. The SMILES string of the molecule is Cc1cc(NC(=O)[C@H](CCN)NC(=O)[C@@H]2Cc3ccccc3CN2CCCC(=O)NCc2ccccc2)ccc1Cl. The van der Waals surface area contributed by atoms with Crippen molar-refractivity contribution in [3.05, 3.63) is 100 Å². The maximum absolute atomic E-state index is 13.6. The molecule has 3 aromatic rings. The Morgan fingerprint density at radius 1 is 1.02 bits per heavy atom. The molecule has 0 saturated carbocycles. The second-order valence-electron chi connectivity index (χ2n) is 10.4. The van der Waals surface area contributed by atoms with Crippen molar-refractivity contribution < 1.29 is 14.4 Å². The second-order valence-corrected chi connectivity index (χ2v) is 10.8. The van der Waals surface area contributed by atoms with Crippen LogP contribution in [-0.4, -0.2) is 47.8 Å². The molecule has 4 rings (SSSR count). The summed E-state index contributed by atoms with van der Waals surface area (Å²) in [6.07, 6.45) is 1.79. The highest BCUT2D eigenvalue weighted by atomic mass is 35.5. The summed E-state index contributed by atoms with van der Waals surface area (Å²) < 4.78 is 0. The number of aryl methyl sites for hydroxylation is 1. The van der Waals surface area contributed by atoms with Gasteiger partial charge < -0.3 is 21.7 Å². The Bertz CT molecular complexity index is 1350. The van der Waals surface area contributed by atoms with Gasteiger partial charge in [-0.25, -0.2) is 0 Å². The number of benzene rings is 3. The van der Waals surface area contributed by atoms with Gasteiger partial charge in [-0.2, -0.15) is 0 Å². The zero-order valence-electron chi connectivity index (χ0n) is 23.4. The summed E-state index contributed by atoms with van der Waals surface area (Å²) in [7, 11) is 0. The van der Waals surface area contributed by atoms with Crippen molar-refractivity contribution in [1.82, 2.24) is 15.5 Å². The van der Waals surface area contributed by atoms with Crippen LogP contribution in [-0.2, 0) is 33.9 Å². The van der Waals surface area contributed by atoms with Crippen LogP contribution in [0.3, 0.4) is 0 Å². The molecule has 216 valence electrons. The molecule has 5 N–H and O–H groups in total. The van der Waals surface area contributed by atoms with E-state index in [9.17, 15) is 14.4 Å². The smallest absolute Gasteiger partial charge is 0.246 e. The van der Waals surface area contributed by atoms with Gasteiger partial charge in [-0.05, 0) is 79.7 Å². The summed E-state index contributed by atoms with van der Waals surface area (Å²) in [5.74, 6) is -0.582. The molecule has 0 fully saturated rings. The van der Waals surface area contributed by atoms with Gasteiger partial charge in [0.15, 0.2) is 0 Å². The Kier molecular flexibility index (Phi) is 10.9. The molecule has 1 heterocycles. The topological polar surface area (TPSA) is 117 Å². The highest BCUT2D eigenvalue weighted by molar-refractivity contribution is 6.31. The molecule has 8 nitrogen and oxygen atoms in total. The molecule has 3 amide bonds. The van der Waals surface area contributed by atoms with E-state index in [0.717, 1.165) is 16.7 Å². The van der Waals surface area contributed by atoms with Crippen molar-refractivity contribution in [3.8, 4) is 0 Å². The predicted molar refractivity (Wildman–Crippen MR) is 162 cm³/mol. The van der Waals surface area contributed by atoms with Crippen molar-refractivity contribution in [1.29, 1.82) is 0 Å². The fourth-order valence-corrected chi connectivity index (χ4v) is 5.17. The van der Waals surface area contributed by atoms with Gasteiger partial charge in [0.1, 0.15) is 6.04 Å².